The second-order valence-corrected chi connectivity index (χ2v) is 8.07. The van der Waals surface area contributed by atoms with Crippen molar-refractivity contribution in [3.8, 4) is 11.5 Å². The van der Waals surface area contributed by atoms with Crippen molar-refractivity contribution in [3.63, 3.8) is 0 Å². The Morgan fingerprint density at radius 2 is 1.82 bits per heavy atom. The van der Waals surface area contributed by atoms with Gasteiger partial charge in [0.15, 0.2) is 11.5 Å². The van der Waals surface area contributed by atoms with Gasteiger partial charge in [0.1, 0.15) is 11.9 Å². The molecule has 3 rings (SSSR count). The van der Waals surface area contributed by atoms with E-state index in [1.54, 1.807) is 44.4 Å². The van der Waals surface area contributed by atoms with Gasteiger partial charge in [0.2, 0.25) is 11.8 Å². The molecule has 1 saturated heterocycles. The highest BCUT2D eigenvalue weighted by molar-refractivity contribution is 5.88. The standard InChI is InChI=1S/C25H31FN2O5/c1-17(25(30)27-15-21-5-4-12-33-21)28(16-18-6-9-20(26)10-7-18)24(29)14-19-8-11-22(31-2)23(13-19)32-3/h6-11,13,17,21H,4-5,12,14-16H2,1-3H3,(H,27,30)/t17-,21-/m0/s1. The molecule has 0 bridgehead atoms. The van der Waals surface area contributed by atoms with E-state index in [-0.39, 0.29) is 36.7 Å². The maximum atomic E-state index is 13.4. The van der Waals surface area contributed by atoms with Gasteiger partial charge in [-0.05, 0) is 55.2 Å². The molecule has 1 aliphatic heterocycles. The Balaban J connectivity index is 1.75. The first kappa shape index (κ1) is 24.5. The molecule has 1 N–H and O–H groups in total. The van der Waals surface area contributed by atoms with Crippen LogP contribution in [-0.2, 0) is 27.3 Å². The Labute approximate surface area is 193 Å². The fraction of sp³-hybridized carbons (Fsp3) is 0.440. The van der Waals surface area contributed by atoms with Crippen LogP contribution in [-0.4, -0.2) is 56.2 Å². The quantitative estimate of drug-likeness (QED) is 0.592. The molecule has 2 atom stereocenters. The molecule has 7 nitrogen and oxygen atoms in total. The largest absolute Gasteiger partial charge is 0.493 e. The number of carbonyl (C=O) groups is 2. The van der Waals surface area contributed by atoms with Crippen LogP contribution in [0.5, 0.6) is 11.5 Å². The first-order valence-corrected chi connectivity index (χ1v) is 11.1. The minimum absolute atomic E-state index is 0.00849. The molecule has 0 aromatic heterocycles. The number of hydrogen-bond acceptors (Lipinski definition) is 5. The average Bonchev–Trinajstić information content (AvgIpc) is 3.35. The number of amides is 2. The number of halogens is 1. The Morgan fingerprint density at radius 3 is 2.45 bits per heavy atom. The van der Waals surface area contributed by atoms with Gasteiger partial charge in [-0.15, -0.1) is 0 Å². The van der Waals surface area contributed by atoms with Crippen LogP contribution in [0, 0.1) is 5.82 Å². The number of nitrogens with zero attached hydrogens (tertiary/aromatic N) is 1. The van der Waals surface area contributed by atoms with E-state index in [1.165, 1.54) is 24.1 Å². The smallest absolute Gasteiger partial charge is 0.242 e. The highest BCUT2D eigenvalue weighted by Gasteiger charge is 2.27. The number of methoxy groups -OCH3 is 2. The van der Waals surface area contributed by atoms with E-state index in [2.05, 4.69) is 5.32 Å². The third-order valence-electron chi connectivity index (χ3n) is 5.76. The van der Waals surface area contributed by atoms with Crippen LogP contribution in [0.15, 0.2) is 42.5 Å². The van der Waals surface area contributed by atoms with Gasteiger partial charge < -0.3 is 24.4 Å². The summed E-state index contributed by atoms with van der Waals surface area (Å²) in [6.45, 7) is 3.00. The Bertz CT molecular complexity index is 944. The third kappa shape index (κ3) is 6.68. The molecule has 1 heterocycles. The molecule has 0 saturated carbocycles. The average molecular weight is 459 g/mol. The van der Waals surface area contributed by atoms with Crippen molar-refractivity contribution in [3.05, 3.63) is 59.4 Å². The van der Waals surface area contributed by atoms with Crippen molar-refractivity contribution in [2.45, 2.75) is 44.9 Å². The minimum Gasteiger partial charge on any atom is -0.493 e. The summed E-state index contributed by atoms with van der Waals surface area (Å²) in [5.41, 5.74) is 1.46. The molecule has 33 heavy (non-hydrogen) atoms. The Hall–Kier alpha value is -3.13. The maximum Gasteiger partial charge on any atom is 0.242 e. The summed E-state index contributed by atoms with van der Waals surface area (Å²) < 4.78 is 29.5. The fourth-order valence-electron chi connectivity index (χ4n) is 3.80. The van der Waals surface area contributed by atoms with E-state index in [4.69, 9.17) is 14.2 Å². The number of rotatable bonds is 10. The zero-order valence-corrected chi connectivity index (χ0v) is 19.3. The predicted octanol–water partition coefficient (Wildman–Crippen LogP) is 3.10. The van der Waals surface area contributed by atoms with Crippen molar-refractivity contribution >= 4 is 11.8 Å². The third-order valence-corrected chi connectivity index (χ3v) is 5.76. The van der Waals surface area contributed by atoms with Crippen LogP contribution < -0.4 is 14.8 Å². The van der Waals surface area contributed by atoms with Gasteiger partial charge in [-0.25, -0.2) is 4.39 Å². The molecule has 1 aliphatic rings. The van der Waals surface area contributed by atoms with E-state index in [1.807, 2.05) is 0 Å². The molecule has 0 unspecified atom stereocenters. The number of nitrogens with one attached hydrogen (secondary N) is 1. The van der Waals surface area contributed by atoms with Gasteiger partial charge in [0.05, 0.1) is 26.7 Å². The van der Waals surface area contributed by atoms with Crippen molar-refractivity contribution in [2.24, 2.45) is 0 Å². The molecule has 1 fully saturated rings. The van der Waals surface area contributed by atoms with Gasteiger partial charge in [0.25, 0.3) is 0 Å². The van der Waals surface area contributed by atoms with Crippen molar-refractivity contribution < 1.29 is 28.2 Å². The Morgan fingerprint density at radius 1 is 1.12 bits per heavy atom. The van der Waals surface area contributed by atoms with E-state index >= 15 is 0 Å². The topological polar surface area (TPSA) is 77.1 Å². The van der Waals surface area contributed by atoms with Crippen LogP contribution in [0.2, 0.25) is 0 Å². The van der Waals surface area contributed by atoms with Gasteiger partial charge >= 0.3 is 0 Å². The van der Waals surface area contributed by atoms with Gasteiger partial charge in [-0.2, -0.15) is 0 Å². The molecule has 2 aromatic carbocycles. The lowest BCUT2D eigenvalue weighted by atomic mass is 10.1. The first-order chi connectivity index (χ1) is 15.9. The summed E-state index contributed by atoms with van der Waals surface area (Å²) in [7, 11) is 3.08. The predicted molar refractivity (Wildman–Crippen MR) is 122 cm³/mol. The summed E-state index contributed by atoms with van der Waals surface area (Å²) >= 11 is 0. The molecule has 178 valence electrons. The summed E-state index contributed by atoms with van der Waals surface area (Å²) in [5, 5.41) is 2.90. The molecule has 0 spiro atoms. The van der Waals surface area contributed by atoms with Crippen LogP contribution in [0.4, 0.5) is 4.39 Å². The van der Waals surface area contributed by atoms with Gasteiger partial charge in [-0.1, -0.05) is 18.2 Å². The normalized spacial score (nSPS) is 16.2. The fourth-order valence-corrected chi connectivity index (χ4v) is 3.80. The molecule has 2 amide bonds. The summed E-state index contributed by atoms with van der Waals surface area (Å²) in [5.74, 6) is 0.248. The molecule has 8 heteroatoms. The zero-order valence-electron chi connectivity index (χ0n) is 19.3. The molecule has 0 radical (unpaired) electrons. The molecule has 0 aliphatic carbocycles. The molecule has 2 aromatic rings. The number of benzene rings is 2. The highest BCUT2D eigenvalue weighted by atomic mass is 19.1. The van der Waals surface area contributed by atoms with Crippen molar-refractivity contribution in [1.82, 2.24) is 10.2 Å². The first-order valence-electron chi connectivity index (χ1n) is 11.1. The van der Waals surface area contributed by atoms with E-state index in [9.17, 15) is 14.0 Å². The van der Waals surface area contributed by atoms with Crippen LogP contribution >= 0.6 is 0 Å². The molecular weight excluding hydrogens is 427 g/mol. The number of carbonyl (C=O) groups excluding carboxylic acids is 2. The second-order valence-electron chi connectivity index (χ2n) is 8.07. The SMILES string of the molecule is COc1ccc(CC(=O)N(Cc2ccc(F)cc2)[C@@H](C)C(=O)NC[C@@H]2CCCO2)cc1OC. The summed E-state index contributed by atoms with van der Waals surface area (Å²) in [4.78, 5) is 27.7. The van der Waals surface area contributed by atoms with Crippen LogP contribution in [0.3, 0.4) is 0 Å². The lowest BCUT2D eigenvalue weighted by Crippen LogP contribution is -2.49. The second kappa shape index (κ2) is 11.7. The maximum absolute atomic E-state index is 13.4. The van der Waals surface area contributed by atoms with E-state index < -0.39 is 6.04 Å². The van der Waals surface area contributed by atoms with Crippen LogP contribution in [0.1, 0.15) is 30.9 Å². The van der Waals surface area contributed by atoms with E-state index in [0.717, 1.165) is 24.0 Å². The zero-order chi connectivity index (χ0) is 23.8. The van der Waals surface area contributed by atoms with Crippen LogP contribution in [0.25, 0.3) is 0 Å². The van der Waals surface area contributed by atoms with E-state index in [0.29, 0.717) is 24.7 Å². The van der Waals surface area contributed by atoms with Gasteiger partial charge in [0, 0.05) is 19.7 Å². The minimum atomic E-state index is -0.718. The van der Waals surface area contributed by atoms with Crippen molar-refractivity contribution in [2.75, 3.05) is 27.4 Å². The highest BCUT2D eigenvalue weighted by Crippen LogP contribution is 2.28. The number of hydrogen-bond donors (Lipinski definition) is 1. The van der Waals surface area contributed by atoms with Crippen molar-refractivity contribution in [1.29, 1.82) is 0 Å². The monoisotopic (exact) mass is 458 g/mol. The number of ether oxygens (including phenoxy) is 3. The Kier molecular flexibility index (Phi) is 8.65. The molecular formula is C25H31FN2O5. The van der Waals surface area contributed by atoms with Gasteiger partial charge in [-0.3, -0.25) is 9.59 Å². The lowest BCUT2D eigenvalue weighted by Gasteiger charge is -2.29. The summed E-state index contributed by atoms with van der Waals surface area (Å²) in [6.07, 6.45) is 1.97. The lowest BCUT2D eigenvalue weighted by molar-refractivity contribution is -0.140. The summed E-state index contributed by atoms with van der Waals surface area (Å²) in [6, 6.07) is 10.5.